The Morgan fingerprint density at radius 3 is 2.90 bits per heavy atom. The minimum atomic E-state index is -0.726. The van der Waals surface area contributed by atoms with Crippen LogP contribution in [0.5, 0.6) is 0 Å². The largest absolute Gasteiger partial charge is 0.456 e. The topological polar surface area (TPSA) is 125 Å². The predicted octanol–water partition coefficient (Wildman–Crippen LogP) is 0.441. The minimum Gasteiger partial charge on any atom is -0.456 e. The molecule has 0 aliphatic carbocycles. The Balaban J connectivity index is 1.40. The molecule has 148 valence electrons. The van der Waals surface area contributed by atoms with E-state index in [0.29, 0.717) is 35.1 Å². The number of aromatic nitrogens is 4. The van der Waals surface area contributed by atoms with Crippen LogP contribution in [0.3, 0.4) is 0 Å². The van der Waals surface area contributed by atoms with Crippen molar-refractivity contribution in [3.8, 4) is 0 Å². The van der Waals surface area contributed by atoms with Gasteiger partial charge in [-0.1, -0.05) is 0 Å². The number of ether oxygens (including phenoxy) is 1. The summed E-state index contributed by atoms with van der Waals surface area (Å²) in [4.78, 5) is 52.3. The van der Waals surface area contributed by atoms with Crippen molar-refractivity contribution >= 4 is 34.4 Å². The highest BCUT2D eigenvalue weighted by Gasteiger charge is 2.18. The molecule has 1 N–H and O–H groups in total. The Morgan fingerprint density at radius 1 is 1.24 bits per heavy atom. The van der Waals surface area contributed by atoms with E-state index in [1.807, 2.05) is 0 Å². The summed E-state index contributed by atoms with van der Waals surface area (Å²) >= 11 is 0. The molecule has 0 atom stereocenters. The number of anilines is 1. The quantitative estimate of drug-likeness (QED) is 0.491. The summed E-state index contributed by atoms with van der Waals surface area (Å²) in [5.41, 5.74) is 1.95. The van der Waals surface area contributed by atoms with Crippen LogP contribution in [-0.4, -0.2) is 43.6 Å². The van der Waals surface area contributed by atoms with Crippen molar-refractivity contribution in [2.75, 3.05) is 11.9 Å². The van der Waals surface area contributed by atoms with Crippen LogP contribution in [0.4, 0.5) is 5.69 Å². The first-order valence-electron chi connectivity index (χ1n) is 8.91. The molecule has 10 nitrogen and oxygen atoms in total. The normalized spacial score (nSPS) is 13.1. The summed E-state index contributed by atoms with van der Waals surface area (Å²) in [6.45, 7) is -0.804. The maximum absolute atomic E-state index is 12.4. The van der Waals surface area contributed by atoms with E-state index in [1.54, 1.807) is 25.2 Å². The van der Waals surface area contributed by atoms with Crippen LogP contribution in [0, 0.1) is 0 Å². The van der Waals surface area contributed by atoms with Crippen molar-refractivity contribution in [2.24, 2.45) is 7.05 Å². The summed E-state index contributed by atoms with van der Waals surface area (Å²) in [5.74, 6) is -1.15. The van der Waals surface area contributed by atoms with E-state index in [1.165, 1.54) is 17.2 Å². The van der Waals surface area contributed by atoms with Gasteiger partial charge in [0.1, 0.15) is 18.3 Å². The molecule has 0 saturated carbocycles. The predicted molar refractivity (Wildman–Crippen MR) is 101 cm³/mol. The number of hydrogen-bond acceptors (Lipinski definition) is 7. The van der Waals surface area contributed by atoms with Crippen LogP contribution in [0.1, 0.15) is 22.3 Å². The molecule has 0 fully saturated rings. The number of aryl methyl sites for hydroxylation is 2. The smallest absolute Gasteiger partial charge is 0.326 e. The summed E-state index contributed by atoms with van der Waals surface area (Å²) < 4.78 is 7.60. The SMILES string of the molecule is Cn1ncc2c(=O)n(CC(=O)OCC(=O)c3ccc4c(c3)CCC(=O)N4)cnc21. The van der Waals surface area contributed by atoms with Gasteiger partial charge >= 0.3 is 5.97 Å². The zero-order valence-corrected chi connectivity index (χ0v) is 15.5. The van der Waals surface area contributed by atoms with Gasteiger partial charge in [-0.05, 0) is 30.2 Å². The molecule has 1 amide bonds. The molecule has 1 aliphatic rings. The van der Waals surface area contributed by atoms with Gasteiger partial charge in [0.05, 0.1) is 6.20 Å². The molecular weight excluding hydrogens is 378 g/mol. The number of amides is 1. The highest BCUT2D eigenvalue weighted by Crippen LogP contribution is 2.23. The number of Topliss-reactive ketones (excluding diaryl/α,β-unsaturated/α-hetero) is 1. The molecule has 0 unspecified atom stereocenters. The third kappa shape index (κ3) is 3.64. The number of benzene rings is 1. The number of hydrogen-bond donors (Lipinski definition) is 1. The number of rotatable bonds is 5. The molecule has 0 saturated heterocycles. The van der Waals surface area contributed by atoms with Crippen LogP contribution in [0.25, 0.3) is 11.0 Å². The van der Waals surface area contributed by atoms with Gasteiger partial charge in [-0.15, -0.1) is 0 Å². The van der Waals surface area contributed by atoms with Gasteiger partial charge < -0.3 is 10.1 Å². The fourth-order valence-electron chi connectivity index (χ4n) is 3.15. The number of carbonyl (C=O) groups is 3. The summed E-state index contributed by atoms with van der Waals surface area (Å²) in [5, 5.41) is 7.00. The molecule has 2 aromatic heterocycles. The molecule has 3 heterocycles. The fourth-order valence-corrected chi connectivity index (χ4v) is 3.15. The molecular formula is C19H17N5O5. The molecule has 0 bridgehead atoms. The van der Waals surface area contributed by atoms with Gasteiger partial charge in [0.25, 0.3) is 5.56 Å². The second-order valence-electron chi connectivity index (χ2n) is 6.69. The van der Waals surface area contributed by atoms with Gasteiger partial charge in [-0.2, -0.15) is 5.10 Å². The van der Waals surface area contributed by atoms with Crippen LogP contribution in [0.2, 0.25) is 0 Å². The third-order valence-electron chi connectivity index (χ3n) is 4.70. The lowest BCUT2D eigenvalue weighted by Gasteiger charge is -2.17. The van der Waals surface area contributed by atoms with Crippen molar-refractivity contribution in [3.63, 3.8) is 0 Å². The number of carbonyl (C=O) groups excluding carboxylic acids is 3. The Morgan fingerprint density at radius 2 is 2.07 bits per heavy atom. The lowest BCUT2D eigenvalue weighted by Crippen LogP contribution is -2.26. The van der Waals surface area contributed by atoms with E-state index in [2.05, 4.69) is 15.4 Å². The Bertz CT molecular complexity index is 1210. The molecule has 1 aromatic carbocycles. The zero-order chi connectivity index (χ0) is 20.5. The standard InChI is InChI=1S/C19H17N5O5/c1-23-18-13(7-21-23)19(28)24(10-20-18)8-17(27)29-9-15(25)12-2-4-14-11(6-12)3-5-16(26)22-14/h2,4,6-7,10H,3,5,8-9H2,1H3,(H,22,26). The van der Waals surface area contributed by atoms with Crippen molar-refractivity contribution in [2.45, 2.75) is 19.4 Å². The molecule has 29 heavy (non-hydrogen) atoms. The maximum Gasteiger partial charge on any atom is 0.326 e. The second kappa shape index (κ2) is 7.30. The van der Waals surface area contributed by atoms with Gasteiger partial charge in [0.2, 0.25) is 5.91 Å². The highest BCUT2D eigenvalue weighted by molar-refractivity contribution is 6.00. The van der Waals surface area contributed by atoms with Crippen LogP contribution in [0.15, 0.2) is 35.5 Å². The fraction of sp³-hybridized carbons (Fsp3) is 0.263. The molecule has 0 spiro atoms. The summed E-state index contributed by atoms with van der Waals surface area (Å²) in [7, 11) is 1.66. The van der Waals surface area contributed by atoms with E-state index < -0.39 is 18.1 Å². The lowest BCUT2D eigenvalue weighted by molar-refractivity contribution is -0.143. The summed E-state index contributed by atoms with van der Waals surface area (Å²) in [6, 6.07) is 4.93. The third-order valence-corrected chi connectivity index (χ3v) is 4.70. The van der Waals surface area contributed by atoms with Gasteiger partial charge in [0.15, 0.2) is 18.0 Å². The summed E-state index contributed by atoms with van der Waals surface area (Å²) in [6.07, 6.45) is 3.54. The van der Waals surface area contributed by atoms with Crippen molar-refractivity contribution in [1.82, 2.24) is 19.3 Å². The Kier molecular flexibility index (Phi) is 4.67. The van der Waals surface area contributed by atoms with Gasteiger partial charge in [0, 0.05) is 24.7 Å². The monoisotopic (exact) mass is 395 g/mol. The molecule has 1 aliphatic heterocycles. The van der Waals surface area contributed by atoms with E-state index in [0.717, 1.165) is 10.1 Å². The van der Waals surface area contributed by atoms with Crippen molar-refractivity contribution in [1.29, 1.82) is 0 Å². The van der Waals surface area contributed by atoms with Crippen LogP contribution in [-0.2, 0) is 34.3 Å². The van der Waals surface area contributed by atoms with E-state index in [-0.39, 0.29) is 18.2 Å². The number of nitrogens with zero attached hydrogens (tertiary/aromatic N) is 4. The van der Waals surface area contributed by atoms with E-state index in [9.17, 15) is 19.2 Å². The van der Waals surface area contributed by atoms with Crippen molar-refractivity contribution < 1.29 is 19.1 Å². The van der Waals surface area contributed by atoms with E-state index in [4.69, 9.17) is 4.74 Å². The van der Waals surface area contributed by atoms with E-state index >= 15 is 0 Å². The maximum atomic E-state index is 12.4. The molecule has 4 rings (SSSR count). The molecule has 0 radical (unpaired) electrons. The number of ketones is 1. The molecule has 3 aromatic rings. The van der Waals surface area contributed by atoms with Crippen LogP contribution < -0.4 is 10.9 Å². The first-order valence-corrected chi connectivity index (χ1v) is 8.91. The average Bonchev–Trinajstić information content (AvgIpc) is 3.09. The van der Waals surface area contributed by atoms with Gasteiger partial charge in [-0.3, -0.25) is 28.4 Å². The zero-order valence-electron chi connectivity index (χ0n) is 15.5. The number of nitrogens with one attached hydrogen (secondary N) is 1. The first kappa shape index (κ1) is 18.5. The van der Waals surface area contributed by atoms with Crippen LogP contribution >= 0.6 is 0 Å². The molecule has 10 heteroatoms. The Labute approximate surface area is 164 Å². The average molecular weight is 395 g/mol. The van der Waals surface area contributed by atoms with Crippen molar-refractivity contribution in [3.05, 3.63) is 52.2 Å². The first-order chi connectivity index (χ1) is 13.9. The minimum absolute atomic E-state index is 0.0558. The van der Waals surface area contributed by atoms with Gasteiger partial charge in [-0.25, -0.2) is 4.98 Å². The Hall–Kier alpha value is -3.82. The second-order valence-corrected chi connectivity index (χ2v) is 6.69. The lowest BCUT2D eigenvalue weighted by atomic mass is 9.99. The number of fused-ring (bicyclic) bond motifs is 2. The highest BCUT2D eigenvalue weighted by atomic mass is 16.5. The number of esters is 1.